The van der Waals surface area contributed by atoms with Gasteiger partial charge in [0.2, 0.25) is 0 Å². The molecule has 2 N–H and O–H groups in total. The molecule has 0 aromatic rings. The van der Waals surface area contributed by atoms with Gasteiger partial charge < -0.3 is 10.2 Å². The molecule has 196 valence electrons. The van der Waals surface area contributed by atoms with Gasteiger partial charge in [0, 0.05) is 0 Å². The molecule has 4 aliphatic rings. The van der Waals surface area contributed by atoms with Gasteiger partial charge in [0.1, 0.15) is 0 Å². The van der Waals surface area contributed by atoms with E-state index in [1.165, 1.54) is 31.8 Å². The van der Waals surface area contributed by atoms with Crippen LogP contribution in [0.2, 0.25) is 0 Å². The smallest absolute Gasteiger partial charge is 0.390 e. The molecule has 2 nitrogen and oxygen atoms in total. The second-order valence-electron chi connectivity index (χ2n) is 13.5. The van der Waals surface area contributed by atoms with Gasteiger partial charge in [0.15, 0.2) is 0 Å². The van der Waals surface area contributed by atoms with Crippen molar-refractivity contribution in [3.05, 3.63) is 11.6 Å². The summed E-state index contributed by atoms with van der Waals surface area (Å²) < 4.78 is 38.6. The minimum absolute atomic E-state index is 0.210. The zero-order valence-electron chi connectivity index (χ0n) is 22.0. The molecular weight excluding hydrogens is 437 g/mol. The Hall–Kier alpha value is -0.550. The fraction of sp³-hybridized carbons (Fsp3) is 0.931. The van der Waals surface area contributed by atoms with Crippen LogP contribution < -0.4 is 0 Å². The zero-order chi connectivity index (χ0) is 25.2. The molecule has 0 aliphatic heterocycles. The predicted octanol–water partition coefficient (Wildman–Crippen LogP) is 7.83. The number of halogens is 3. The molecule has 3 saturated carbocycles. The second-order valence-corrected chi connectivity index (χ2v) is 13.5. The van der Waals surface area contributed by atoms with Crippen molar-refractivity contribution < 1.29 is 23.4 Å². The number of hydrogen-bond donors (Lipinski definition) is 2. The van der Waals surface area contributed by atoms with E-state index in [0.717, 1.165) is 38.5 Å². The Bertz CT molecular complexity index is 789. The standard InChI is InChI=1S/C29H47F3O2/c1-6-28(34)16-15-26(4)20(17-28)7-8-21-23-10-9-22(27(23,5)14-12-24(21)26)19(2)11-13-25(3,33)18-29(30,31)32/h7,19,21-24,33-34H,6,8-18H2,1-5H3/t19-,21+,22-,23+,24+,25?,26+,27-,28+/m1/s1. The van der Waals surface area contributed by atoms with Gasteiger partial charge in [-0.25, -0.2) is 0 Å². The van der Waals surface area contributed by atoms with E-state index in [9.17, 15) is 23.4 Å². The summed E-state index contributed by atoms with van der Waals surface area (Å²) in [6.45, 7) is 10.6. The summed E-state index contributed by atoms with van der Waals surface area (Å²) in [7, 11) is 0. The number of alkyl halides is 3. The summed E-state index contributed by atoms with van der Waals surface area (Å²) in [6, 6.07) is 0. The van der Waals surface area contributed by atoms with E-state index in [-0.39, 0.29) is 17.3 Å². The third-order valence-corrected chi connectivity index (χ3v) is 11.4. The lowest BCUT2D eigenvalue weighted by Crippen LogP contribution is -2.52. The summed E-state index contributed by atoms with van der Waals surface area (Å²) in [4.78, 5) is 0. The Balaban J connectivity index is 1.46. The van der Waals surface area contributed by atoms with Crippen LogP contribution in [0, 0.1) is 40.4 Å². The highest BCUT2D eigenvalue weighted by atomic mass is 19.4. The molecule has 0 radical (unpaired) electrons. The Morgan fingerprint density at radius 2 is 1.79 bits per heavy atom. The molecule has 0 heterocycles. The van der Waals surface area contributed by atoms with Crippen molar-refractivity contribution in [1.29, 1.82) is 0 Å². The first-order valence-corrected chi connectivity index (χ1v) is 13.8. The average Bonchev–Trinajstić information content (AvgIpc) is 3.08. The van der Waals surface area contributed by atoms with Crippen LogP contribution >= 0.6 is 0 Å². The van der Waals surface area contributed by atoms with Crippen LogP contribution in [0.5, 0.6) is 0 Å². The van der Waals surface area contributed by atoms with Crippen LogP contribution in [-0.4, -0.2) is 27.6 Å². The van der Waals surface area contributed by atoms with Crippen LogP contribution in [0.3, 0.4) is 0 Å². The fourth-order valence-electron chi connectivity index (χ4n) is 9.25. The molecule has 9 atom stereocenters. The molecule has 4 aliphatic carbocycles. The highest BCUT2D eigenvalue weighted by molar-refractivity contribution is 5.27. The van der Waals surface area contributed by atoms with E-state index < -0.39 is 23.8 Å². The number of allylic oxidation sites excluding steroid dienone is 1. The van der Waals surface area contributed by atoms with Gasteiger partial charge >= 0.3 is 6.18 Å². The number of rotatable bonds is 6. The maximum Gasteiger partial charge on any atom is 0.391 e. The number of aliphatic hydroxyl groups is 2. The Morgan fingerprint density at radius 1 is 1.09 bits per heavy atom. The lowest BCUT2D eigenvalue weighted by atomic mass is 9.46. The molecular formula is C29H47F3O2. The van der Waals surface area contributed by atoms with Crippen LogP contribution in [0.15, 0.2) is 11.6 Å². The van der Waals surface area contributed by atoms with Crippen molar-refractivity contribution in [2.45, 2.75) is 129 Å². The van der Waals surface area contributed by atoms with E-state index >= 15 is 0 Å². The highest BCUT2D eigenvalue weighted by Gasteiger charge is 2.59. The van der Waals surface area contributed by atoms with Crippen molar-refractivity contribution in [3.8, 4) is 0 Å². The van der Waals surface area contributed by atoms with E-state index in [4.69, 9.17) is 0 Å². The number of hydrogen-bond acceptors (Lipinski definition) is 2. The first-order valence-electron chi connectivity index (χ1n) is 13.8. The van der Waals surface area contributed by atoms with Crippen molar-refractivity contribution >= 4 is 0 Å². The van der Waals surface area contributed by atoms with Gasteiger partial charge in [-0.05, 0) is 118 Å². The summed E-state index contributed by atoms with van der Waals surface area (Å²) >= 11 is 0. The van der Waals surface area contributed by atoms with E-state index in [1.807, 2.05) is 0 Å². The monoisotopic (exact) mass is 484 g/mol. The van der Waals surface area contributed by atoms with Crippen molar-refractivity contribution in [1.82, 2.24) is 0 Å². The van der Waals surface area contributed by atoms with Crippen molar-refractivity contribution in [2.75, 3.05) is 0 Å². The molecule has 3 fully saturated rings. The first-order chi connectivity index (χ1) is 15.6. The maximum atomic E-state index is 12.9. The summed E-state index contributed by atoms with van der Waals surface area (Å²) in [5.74, 6) is 2.90. The number of fused-ring (bicyclic) bond motifs is 5. The molecule has 5 heteroatoms. The van der Waals surface area contributed by atoms with Crippen molar-refractivity contribution in [2.24, 2.45) is 40.4 Å². The lowest BCUT2D eigenvalue weighted by Gasteiger charge is -2.59. The molecule has 0 amide bonds. The molecule has 0 aromatic heterocycles. The molecule has 4 rings (SSSR count). The Morgan fingerprint density at radius 3 is 2.44 bits per heavy atom. The second kappa shape index (κ2) is 8.78. The van der Waals surface area contributed by atoms with Crippen LogP contribution in [0.4, 0.5) is 13.2 Å². The predicted molar refractivity (Wildman–Crippen MR) is 130 cm³/mol. The average molecular weight is 485 g/mol. The Labute approximate surface area is 204 Å². The van der Waals surface area contributed by atoms with E-state index in [0.29, 0.717) is 36.0 Å². The third-order valence-electron chi connectivity index (χ3n) is 11.4. The van der Waals surface area contributed by atoms with Gasteiger partial charge in [-0.15, -0.1) is 0 Å². The van der Waals surface area contributed by atoms with Crippen LogP contribution in [0.1, 0.15) is 112 Å². The normalized spacial score (nSPS) is 44.9. The molecule has 1 unspecified atom stereocenters. The zero-order valence-corrected chi connectivity index (χ0v) is 22.0. The minimum Gasteiger partial charge on any atom is -0.390 e. The molecule has 0 bridgehead atoms. The van der Waals surface area contributed by atoms with Gasteiger partial charge in [-0.3, -0.25) is 0 Å². The van der Waals surface area contributed by atoms with Gasteiger partial charge in [0.25, 0.3) is 0 Å². The highest BCUT2D eigenvalue weighted by Crippen LogP contribution is 2.68. The SMILES string of the molecule is CC[C@]1(O)CC[C@@]2(C)C(=CC[C@H]3[C@@H]4CC[C@H]([C@H](C)CCC(C)(O)CC(F)(F)F)[C@@]4(C)CC[C@@H]32)C1. The summed E-state index contributed by atoms with van der Waals surface area (Å²) in [5, 5.41) is 21.3. The van der Waals surface area contributed by atoms with Crippen molar-refractivity contribution in [3.63, 3.8) is 0 Å². The molecule has 0 aromatic carbocycles. The van der Waals surface area contributed by atoms with Crippen LogP contribution in [0.25, 0.3) is 0 Å². The van der Waals surface area contributed by atoms with Gasteiger partial charge in [0.05, 0.1) is 17.6 Å². The largest absolute Gasteiger partial charge is 0.391 e. The summed E-state index contributed by atoms with van der Waals surface area (Å²) in [5.41, 5.74) is -0.239. The first kappa shape index (κ1) is 26.5. The topological polar surface area (TPSA) is 40.5 Å². The van der Waals surface area contributed by atoms with Gasteiger partial charge in [-0.1, -0.05) is 39.3 Å². The lowest BCUT2D eigenvalue weighted by molar-refractivity contribution is -0.174. The van der Waals surface area contributed by atoms with E-state index in [2.05, 4.69) is 33.8 Å². The third kappa shape index (κ3) is 4.74. The van der Waals surface area contributed by atoms with E-state index in [1.54, 1.807) is 0 Å². The quantitative estimate of drug-likeness (QED) is 0.377. The van der Waals surface area contributed by atoms with Crippen LogP contribution in [-0.2, 0) is 0 Å². The molecule has 0 spiro atoms. The summed E-state index contributed by atoms with van der Waals surface area (Å²) in [6.07, 6.45) is 7.48. The molecule has 34 heavy (non-hydrogen) atoms. The fourth-order valence-corrected chi connectivity index (χ4v) is 9.25. The maximum absolute atomic E-state index is 12.9. The molecule has 0 saturated heterocycles. The van der Waals surface area contributed by atoms with Gasteiger partial charge in [-0.2, -0.15) is 13.2 Å². The minimum atomic E-state index is -4.33. The Kier molecular flexibility index (Phi) is 6.85.